The van der Waals surface area contributed by atoms with Crippen LogP contribution in [0.5, 0.6) is 0 Å². The van der Waals surface area contributed by atoms with Gasteiger partial charge in [-0.3, -0.25) is 10.1 Å². The molecule has 100 valence electrons. The van der Waals surface area contributed by atoms with E-state index in [-0.39, 0.29) is 5.69 Å². The Hall–Kier alpha value is -2.18. The molecule has 0 aliphatic heterocycles. The summed E-state index contributed by atoms with van der Waals surface area (Å²) in [5, 5.41) is 15.1. The van der Waals surface area contributed by atoms with E-state index in [1.807, 2.05) is 16.8 Å². The van der Waals surface area contributed by atoms with Gasteiger partial charge in [0, 0.05) is 12.1 Å². The summed E-state index contributed by atoms with van der Waals surface area (Å²) >= 11 is 7.79. The van der Waals surface area contributed by atoms with Crippen LogP contribution in [-0.2, 0) is 0 Å². The Kier molecular flexibility index (Phi) is 3.25. The standard InChI is InChI=1S/C13H8ClN3O2S/c14-10(5-8-3-4-20-7-8)13-15-11-2-1-9(17(18)19)6-12(11)16-13/h1-7H,(H,15,16). The predicted octanol–water partition coefficient (Wildman–Crippen LogP) is 4.27. The van der Waals surface area contributed by atoms with E-state index in [1.165, 1.54) is 12.1 Å². The van der Waals surface area contributed by atoms with Gasteiger partial charge in [0.15, 0.2) is 0 Å². The molecule has 7 heteroatoms. The highest BCUT2D eigenvalue weighted by atomic mass is 35.5. The number of nitrogens with zero attached hydrogens (tertiary/aromatic N) is 2. The van der Waals surface area contributed by atoms with Crippen LogP contribution in [-0.4, -0.2) is 14.9 Å². The van der Waals surface area contributed by atoms with Crippen molar-refractivity contribution in [1.29, 1.82) is 0 Å². The monoisotopic (exact) mass is 305 g/mol. The maximum Gasteiger partial charge on any atom is 0.271 e. The van der Waals surface area contributed by atoms with Crippen LogP contribution in [0.15, 0.2) is 35.0 Å². The van der Waals surface area contributed by atoms with Gasteiger partial charge in [-0.2, -0.15) is 11.3 Å². The zero-order valence-corrected chi connectivity index (χ0v) is 11.6. The van der Waals surface area contributed by atoms with E-state index in [0.717, 1.165) is 5.56 Å². The van der Waals surface area contributed by atoms with Gasteiger partial charge in [0.25, 0.3) is 5.69 Å². The largest absolute Gasteiger partial charge is 0.337 e. The van der Waals surface area contributed by atoms with E-state index < -0.39 is 4.92 Å². The molecule has 0 saturated heterocycles. The van der Waals surface area contributed by atoms with E-state index in [0.29, 0.717) is 21.9 Å². The van der Waals surface area contributed by atoms with Gasteiger partial charge in [-0.1, -0.05) is 11.6 Å². The van der Waals surface area contributed by atoms with Crippen LogP contribution in [0.2, 0.25) is 0 Å². The highest BCUT2D eigenvalue weighted by Gasteiger charge is 2.11. The number of imidazole rings is 1. The molecule has 3 rings (SSSR count). The molecule has 0 fully saturated rings. The summed E-state index contributed by atoms with van der Waals surface area (Å²) in [6.07, 6.45) is 1.80. The van der Waals surface area contributed by atoms with Crippen molar-refractivity contribution in [2.75, 3.05) is 0 Å². The van der Waals surface area contributed by atoms with Crippen LogP contribution >= 0.6 is 22.9 Å². The summed E-state index contributed by atoms with van der Waals surface area (Å²) in [5.74, 6) is 0.494. The first-order valence-corrected chi connectivity index (χ1v) is 6.99. The molecule has 0 bridgehead atoms. The Labute approximate surface area is 122 Å². The lowest BCUT2D eigenvalue weighted by Gasteiger charge is -1.91. The van der Waals surface area contributed by atoms with E-state index in [4.69, 9.17) is 11.6 Å². The zero-order valence-electron chi connectivity index (χ0n) is 10.0. The second kappa shape index (κ2) is 5.07. The third kappa shape index (κ3) is 2.43. The third-order valence-electron chi connectivity index (χ3n) is 2.74. The highest BCUT2D eigenvalue weighted by Crippen LogP contribution is 2.25. The third-order valence-corrected chi connectivity index (χ3v) is 3.73. The van der Waals surface area contributed by atoms with Crippen molar-refractivity contribution in [1.82, 2.24) is 9.97 Å². The number of aromatic nitrogens is 2. The number of nitro groups is 1. The number of hydrogen-bond donors (Lipinski definition) is 1. The number of H-pyrrole nitrogens is 1. The average molecular weight is 306 g/mol. The number of thiophene rings is 1. The van der Waals surface area contributed by atoms with E-state index in [1.54, 1.807) is 23.5 Å². The Morgan fingerprint density at radius 2 is 2.30 bits per heavy atom. The lowest BCUT2D eigenvalue weighted by atomic mass is 10.3. The van der Waals surface area contributed by atoms with Crippen molar-refractivity contribution >= 4 is 50.8 Å². The topological polar surface area (TPSA) is 71.8 Å². The lowest BCUT2D eigenvalue weighted by molar-refractivity contribution is -0.384. The number of nitro benzene ring substituents is 1. The highest BCUT2D eigenvalue weighted by molar-refractivity contribution is 7.08. The molecule has 0 aliphatic carbocycles. The maximum absolute atomic E-state index is 10.7. The van der Waals surface area contributed by atoms with Crippen LogP contribution in [0.25, 0.3) is 22.1 Å². The molecular formula is C13H8ClN3O2S. The molecule has 2 aromatic heterocycles. The SMILES string of the molecule is O=[N+]([O-])c1ccc2nc(C(Cl)=Cc3ccsc3)[nH]c2c1. The van der Waals surface area contributed by atoms with Crippen molar-refractivity contribution in [3.8, 4) is 0 Å². The lowest BCUT2D eigenvalue weighted by Crippen LogP contribution is -1.86. The molecule has 20 heavy (non-hydrogen) atoms. The van der Waals surface area contributed by atoms with Crippen LogP contribution in [0.4, 0.5) is 5.69 Å². The van der Waals surface area contributed by atoms with Crippen molar-refractivity contribution in [2.24, 2.45) is 0 Å². The second-order valence-electron chi connectivity index (χ2n) is 4.09. The quantitative estimate of drug-likeness (QED) is 0.580. The van der Waals surface area contributed by atoms with Crippen LogP contribution in [0.1, 0.15) is 11.4 Å². The number of non-ortho nitro benzene ring substituents is 1. The number of halogens is 1. The van der Waals surface area contributed by atoms with Gasteiger partial charge in [0.2, 0.25) is 0 Å². The number of hydrogen-bond acceptors (Lipinski definition) is 4. The molecule has 0 amide bonds. The molecule has 0 unspecified atom stereocenters. The molecule has 0 spiro atoms. The summed E-state index contributed by atoms with van der Waals surface area (Å²) in [4.78, 5) is 17.6. The summed E-state index contributed by atoms with van der Waals surface area (Å²) in [6.45, 7) is 0. The molecule has 1 N–H and O–H groups in total. The van der Waals surface area contributed by atoms with Crippen LogP contribution in [0.3, 0.4) is 0 Å². The van der Waals surface area contributed by atoms with Crippen LogP contribution < -0.4 is 0 Å². The summed E-state index contributed by atoms with van der Waals surface area (Å²) < 4.78 is 0. The van der Waals surface area contributed by atoms with Gasteiger partial charge in [-0.05, 0) is 34.5 Å². The summed E-state index contributed by atoms with van der Waals surface area (Å²) in [7, 11) is 0. The van der Waals surface area contributed by atoms with Crippen molar-refractivity contribution < 1.29 is 4.92 Å². The average Bonchev–Trinajstić information content (AvgIpc) is 3.05. The fraction of sp³-hybridized carbons (Fsp3) is 0. The molecule has 2 heterocycles. The first kappa shape index (κ1) is 12.8. The van der Waals surface area contributed by atoms with E-state index in [9.17, 15) is 10.1 Å². The van der Waals surface area contributed by atoms with E-state index >= 15 is 0 Å². The minimum absolute atomic E-state index is 0.0191. The molecule has 5 nitrogen and oxygen atoms in total. The number of nitrogens with one attached hydrogen (secondary N) is 1. The second-order valence-corrected chi connectivity index (χ2v) is 5.28. The Bertz CT molecular complexity index is 808. The van der Waals surface area contributed by atoms with Gasteiger partial charge in [-0.15, -0.1) is 0 Å². The Balaban J connectivity index is 2.02. The van der Waals surface area contributed by atoms with Gasteiger partial charge in [0.05, 0.1) is 21.0 Å². The Morgan fingerprint density at radius 1 is 1.45 bits per heavy atom. The van der Waals surface area contributed by atoms with Gasteiger partial charge in [0.1, 0.15) is 5.82 Å². The Morgan fingerprint density at radius 3 is 3.00 bits per heavy atom. The molecular weight excluding hydrogens is 298 g/mol. The molecule has 0 saturated carbocycles. The number of aromatic amines is 1. The molecule has 1 aromatic carbocycles. The molecule has 0 aliphatic rings. The van der Waals surface area contributed by atoms with Crippen molar-refractivity contribution in [3.63, 3.8) is 0 Å². The fourth-order valence-corrected chi connectivity index (χ4v) is 2.63. The first-order chi connectivity index (χ1) is 9.63. The normalized spacial score (nSPS) is 11.9. The zero-order chi connectivity index (χ0) is 14.1. The van der Waals surface area contributed by atoms with Gasteiger partial charge >= 0.3 is 0 Å². The minimum atomic E-state index is -0.442. The summed E-state index contributed by atoms with van der Waals surface area (Å²) in [6, 6.07) is 6.41. The minimum Gasteiger partial charge on any atom is -0.337 e. The fourth-order valence-electron chi connectivity index (χ4n) is 1.80. The van der Waals surface area contributed by atoms with Crippen molar-refractivity contribution in [3.05, 3.63) is 56.5 Å². The predicted molar refractivity (Wildman–Crippen MR) is 80.8 cm³/mol. The maximum atomic E-state index is 10.7. The molecule has 3 aromatic rings. The van der Waals surface area contributed by atoms with Gasteiger partial charge < -0.3 is 4.98 Å². The number of benzene rings is 1. The smallest absolute Gasteiger partial charge is 0.271 e. The van der Waals surface area contributed by atoms with Crippen molar-refractivity contribution in [2.45, 2.75) is 0 Å². The first-order valence-electron chi connectivity index (χ1n) is 5.67. The number of fused-ring (bicyclic) bond motifs is 1. The number of rotatable bonds is 3. The van der Waals surface area contributed by atoms with Gasteiger partial charge in [-0.25, -0.2) is 4.98 Å². The summed E-state index contributed by atoms with van der Waals surface area (Å²) in [5.41, 5.74) is 2.24. The molecule has 0 atom stereocenters. The molecule has 0 radical (unpaired) electrons. The van der Waals surface area contributed by atoms with E-state index in [2.05, 4.69) is 9.97 Å². The van der Waals surface area contributed by atoms with Crippen LogP contribution in [0, 0.1) is 10.1 Å².